The van der Waals surface area contributed by atoms with Crippen LogP contribution in [0.4, 0.5) is 8.78 Å². The normalized spacial score (nSPS) is 16.7. The minimum absolute atomic E-state index is 0.0496. The van der Waals surface area contributed by atoms with Crippen molar-refractivity contribution < 1.29 is 28.0 Å². The third-order valence-electron chi connectivity index (χ3n) is 7.86. The molecule has 2 N–H and O–H groups in total. The summed E-state index contributed by atoms with van der Waals surface area (Å²) < 4.78 is 27.2. The molecular weight excluding hydrogens is 637 g/mol. The molecule has 0 spiro atoms. The highest BCUT2D eigenvalue weighted by molar-refractivity contribution is 6.35. The lowest BCUT2D eigenvalue weighted by atomic mass is 10.1. The number of hydrogen-bond acceptors (Lipinski definition) is 5. The van der Waals surface area contributed by atoms with Crippen LogP contribution in [0, 0.1) is 5.82 Å². The summed E-state index contributed by atoms with van der Waals surface area (Å²) >= 11 is 12.4. The van der Waals surface area contributed by atoms with Gasteiger partial charge in [0.15, 0.2) is 0 Å². The standard InChI is InChI=1S/C34H34Cl2F2N4O4/c35-26-8-7-25(30(36)18-26)14-16-41(21-32(39)44)34(46)31-19-33(45)40(15-12-24-5-10-28(38)11-6-24)20-29(22-43)42(31)17-13-23-2-1-3-27(37)9-4-23/h1-2,4-11,18,31H,3,12-17,19-21H2,(H2,39,44). The molecule has 12 heteroatoms. The Hall–Kier alpha value is -4.24. The number of rotatable bonds is 12. The van der Waals surface area contributed by atoms with E-state index in [1.165, 1.54) is 28.0 Å². The Balaban J connectivity index is 1.62. The highest BCUT2D eigenvalue weighted by Crippen LogP contribution is 2.25. The minimum atomic E-state index is -1.15. The quantitative estimate of drug-likeness (QED) is 0.321. The molecule has 8 nitrogen and oxygen atoms in total. The molecule has 1 aliphatic heterocycles. The molecule has 4 rings (SSSR count). The molecule has 3 amide bonds. The number of nitrogens with two attached hydrogens (primary N) is 1. The van der Waals surface area contributed by atoms with Crippen LogP contribution in [0.3, 0.4) is 0 Å². The van der Waals surface area contributed by atoms with Crippen LogP contribution in [0.2, 0.25) is 10.0 Å². The van der Waals surface area contributed by atoms with E-state index in [1.807, 2.05) is 5.94 Å². The van der Waals surface area contributed by atoms with Gasteiger partial charge in [-0.15, -0.1) is 0 Å². The first kappa shape index (κ1) is 34.6. The summed E-state index contributed by atoms with van der Waals surface area (Å²) in [6, 6.07) is 9.69. The fourth-order valence-corrected chi connectivity index (χ4v) is 5.88. The minimum Gasteiger partial charge on any atom is -0.368 e. The van der Waals surface area contributed by atoms with E-state index in [2.05, 4.69) is 0 Å². The SMILES string of the molecule is NC(=O)CN(CCc1ccc(Cl)cc1Cl)C(=O)C1CC(=O)N(CCc2ccc(F)cc2)CC(=C=O)N1CCC1=CC=C(F)CC=C1. The molecule has 1 atom stereocenters. The van der Waals surface area contributed by atoms with Gasteiger partial charge in [-0.3, -0.25) is 14.4 Å². The lowest BCUT2D eigenvalue weighted by molar-refractivity contribution is -0.142. The van der Waals surface area contributed by atoms with Crippen molar-refractivity contribution in [2.45, 2.75) is 38.1 Å². The van der Waals surface area contributed by atoms with Crippen LogP contribution in [-0.2, 0) is 32.0 Å². The number of carbonyl (C=O) groups is 3. The number of halogens is 4. The van der Waals surface area contributed by atoms with Crippen molar-refractivity contribution in [3.05, 3.63) is 111 Å². The van der Waals surface area contributed by atoms with Crippen LogP contribution in [0.5, 0.6) is 0 Å². The second kappa shape index (κ2) is 16.4. The van der Waals surface area contributed by atoms with E-state index in [4.69, 9.17) is 28.9 Å². The summed E-state index contributed by atoms with van der Waals surface area (Å²) in [7, 11) is 0. The Morgan fingerprint density at radius 2 is 1.78 bits per heavy atom. The van der Waals surface area contributed by atoms with Crippen molar-refractivity contribution in [2.24, 2.45) is 5.73 Å². The summed E-state index contributed by atoms with van der Waals surface area (Å²) in [5.74, 6) is -0.441. The van der Waals surface area contributed by atoms with E-state index in [0.717, 1.165) is 11.1 Å². The number of nitrogens with zero attached hydrogens (tertiary/aromatic N) is 3. The molecule has 1 fully saturated rings. The fraction of sp³-hybridized carbons (Fsp3) is 0.324. The van der Waals surface area contributed by atoms with Crippen molar-refractivity contribution in [3.8, 4) is 0 Å². The first-order valence-electron chi connectivity index (χ1n) is 14.8. The first-order valence-corrected chi connectivity index (χ1v) is 15.5. The van der Waals surface area contributed by atoms with Crippen molar-refractivity contribution in [2.75, 3.05) is 32.7 Å². The van der Waals surface area contributed by atoms with Crippen molar-refractivity contribution >= 4 is 46.9 Å². The van der Waals surface area contributed by atoms with Crippen LogP contribution < -0.4 is 5.73 Å². The predicted octanol–water partition coefficient (Wildman–Crippen LogP) is 4.98. The Morgan fingerprint density at radius 3 is 2.48 bits per heavy atom. The van der Waals surface area contributed by atoms with Gasteiger partial charge < -0.3 is 20.4 Å². The first-order chi connectivity index (χ1) is 22.0. The number of hydrogen-bond donors (Lipinski definition) is 1. The summed E-state index contributed by atoms with van der Waals surface area (Å²) in [4.78, 5) is 56.7. The van der Waals surface area contributed by atoms with Crippen LogP contribution >= 0.6 is 23.2 Å². The molecule has 242 valence electrons. The van der Waals surface area contributed by atoms with Gasteiger partial charge in [-0.05, 0) is 66.3 Å². The maximum absolute atomic E-state index is 14.2. The van der Waals surface area contributed by atoms with Crippen LogP contribution in [0.25, 0.3) is 0 Å². The van der Waals surface area contributed by atoms with Crippen LogP contribution in [0.1, 0.15) is 30.4 Å². The van der Waals surface area contributed by atoms with E-state index in [0.29, 0.717) is 28.5 Å². The second-order valence-electron chi connectivity index (χ2n) is 11.1. The summed E-state index contributed by atoms with van der Waals surface area (Å²) in [6.07, 6.45) is 7.32. The average Bonchev–Trinajstić information content (AvgIpc) is 3.31. The monoisotopic (exact) mass is 670 g/mol. The molecule has 1 heterocycles. The molecule has 0 bridgehead atoms. The summed E-state index contributed by atoms with van der Waals surface area (Å²) in [5.41, 5.74) is 7.86. The third kappa shape index (κ3) is 9.63. The number of benzene rings is 2. The smallest absolute Gasteiger partial charge is 0.246 e. The average molecular weight is 672 g/mol. The summed E-state index contributed by atoms with van der Waals surface area (Å²) in [6.45, 7) is -0.128. The van der Waals surface area contributed by atoms with Gasteiger partial charge >= 0.3 is 0 Å². The largest absolute Gasteiger partial charge is 0.368 e. The maximum atomic E-state index is 14.2. The maximum Gasteiger partial charge on any atom is 0.246 e. The molecule has 2 aromatic carbocycles. The third-order valence-corrected chi connectivity index (χ3v) is 8.45. The summed E-state index contributed by atoms with van der Waals surface area (Å²) in [5, 5.41) is 0.837. The molecule has 46 heavy (non-hydrogen) atoms. The molecule has 2 aromatic rings. The Bertz CT molecular complexity index is 1600. The van der Waals surface area contributed by atoms with E-state index in [9.17, 15) is 28.0 Å². The van der Waals surface area contributed by atoms with Gasteiger partial charge in [-0.1, -0.05) is 59.6 Å². The molecule has 1 saturated heterocycles. The Kier molecular flexibility index (Phi) is 12.3. The second-order valence-corrected chi connectivity index (χ2v) is 11.9. The number of allylic oxidation sites excluding steroid dienone is 5. The molecule has 1 aliphatic carbocycles. The number of carbonyl (C=O) groups excluding carboxylic acids is 4. The molecule has 0 radical (unpaired) electrons. The highest BCUT2D eigenvalue weighted by atomic mass is 35.5. The van der Waals surface area contributed by atoms with Crippen molar-refractivity contribution in [3.63, 3.8) is 0 Å². The zero-order chi connectivity index (χ0) is 33.2. The Labute approximate surface area is 276 Å². The molecular formula is C34H34Cl2F2N4O4. The van der Waals surface area contributed by atoms with Gasteiger partial charge in [-0.25, -0.2) is 13.6 Å². The molecule has 1 unspecified atom stereocenters. The topological polar surface area (TPSA) is 104 Å². The lowest BCUT2D eigenvalue weighted by Gasteiger charge is -2.34. The van der Waals surface area contributed by atoms with Crippen molar-refractivity contribution in [1.82, 2.24) is 14.7 Å². The zero-order valence-corrected chi connectivity index (χ0v) is 26.6. The molecule has 0 aromatic heterocycles. The van der Waals surface area contributed by atoms with Crippen LogP contribution in [0.15, 0.2) is 83.9 Å². The van der Waals surface area contributed by atoms with E-state index in [-0.39, 0.29) is 68.7 Å². The molecule has 2 aliphatic rings. The van der Waals surface area contributed by atoms with Crippen molar-refractivity contribution in [1.29, 1.82) is 0 Å². The van der Waals surface area contributed by atoms with Gasteiger partial charge in [0.05, 0.1) is 19.5 Å². The van der Waals surface area contributed by atoms with Gasteiger partial charge in [0.25, 0.3) is 0 Å². The lowest BCUT2D eigenvalue weighted by Crippen LogP contribution is -2.51. The van der Waals surface area contributed by atoms with E-state index < -0.39 is 24.4 Å². The predicted molar refractivity (Wildman–Crippen MR) is 173 cm³/mol. The number of primary amides is 1. The van der Waals surface area contributed by atoms with Crippen LogP contribution in [-0.4, -0.2) is 77.1 Å². The van der Waals surface area contributed by atoms with E-state index in [1.54, 1.807) is 53.5 Å². The Morgan fingerprint density at radius 1 is 1.02 bits per heavy atom. The van der Waals surface area contributed by atoms with Gasteiger partial charge in [0.2, 0.25) is 17.7 Å². The van der Waals surface area contributed by atoms with Gasteiger partial charge in [0.1, 0.15) is 29.3 Å². The fourth-order valence-electron chi connectivity index (χ4n) is 5.38. The molecule has 0 saturated carbocycles. The van der Waals surface area contributed by atoms with Gasteiger partial charge in [-0.2, -0.15) is 0 Å². The van der Waals surface area contributed by atoms with Gasteiger partial charge in [0, 0.05) is 36.1 Å². The zero-order valence-electron chi connectivity index (χ0n) is 25.1. The van der Waals surface area contributed by atoms with E-state index >= 15 is 0 Å². The highest BCUT2D eigenvalue weighted by Gasteiger charge is 2.38. The number of amides is 3.